The zero-order valence-corrected chi connectivity index (χ0v) is 13.3. The second-order valence-corrected chi connectivity index (χ2v) is 5.40. The minimum atomic E-state index is -0.196. The molecule has 1 aromatic heterocycles. The van der Waals surface area contributed by atoms with E-state index < -0.39 is 0 Å². The molecule has 0 atom stereocenters. The van der Waals surface area contributed by atoms with E-state index in [1.165, 1.54) is 6.08 Å². The van der Waals surface area contributed by atoms with Crippen LogP contribution in [-0.2, 0) is 0 Å². The van der Waals surface area contributed by atoms with Crippen LogP contribution >= 0.6 is 11.6 Å². The molecule has 0 radical (unpaired) electrons. The van der Waals surface area contributed by atoms with Crippen molar-refractivity contribution in [1.82, 2.24) is 0 Å². The van der Waals surface area contributed by atoms with Gasteiger partial charge >= 0.3 is 0 Å². The third kappa shape index (κ3) is 3.46. The molecule has 0 saturated carbocycles. The summed E-state index contributed by atoms with van der Waals surface area (Å²) in [6, 6.07) is 14.6. The van der Waals surface area contributed by atoms with Gasteiger partial charge in [-0.2, -0.15) is 0 Å². The molecule has 3 nitrogen and oxygen atoms in total. The van der Waals surface area contributed by atoms with Crippen LogP contribution in [0.25, 0.3) is 17.0 Å². The number of halogens is 1. The van der Waals surface area contributed by atoms with E-state index in [1.54, 1.807) is 24.3 Å². The number of rotatable bonds is 5. The Labute approximate surface area is 139 Å². The Morgan fingerprint density at radius 2 is 2.00 bits per heavy atom. The fourth-order valence-corrected chi connectivity index (χ4v) is 2.38. The van der Waals surface area contributed by atoms with Gasteiger partial charge in [-0.1, -0.05) is 41.9 Å². The molecule has 4 heteroatoms. The molecule has 0 N–H and O–H groups in total. The summed E-state index contributed by atoms with van der Waals surface area (Å²) in [5.41, 5.74) is 1.49. The summed E-state index contributed by atoms with van der Waals surface area (Å²) in [7, 11) is 0. The van der Waals surface area contributed by atoms with Crippen LogP contribution in [0, 0.1) is 0 Å². The molecule has 3 aromatic rings. The molecular formula is C19H15ClO3. The van der Waals surface area contributed by atoms with Gasteiger partial charge in [0.05, 0.1) is 6.61 Å². The predicted molar refractivity (Wildman–Crippen MR) is 92.2 cm³/mol. The SMILES string of the molecule is CCOc1cccc2cc(C(=O)C=Cc3ccc(Cl)cc3)oc12. The maximum absolute atomic E-state index is 12.3. The Bertz CT molecular complexity index is 860. The van der Waals surface area contributed by atoms with E-state index >= 15 is 0 Å². The number of hydrogen-bond donors (Lipinski definition) is 0. The zero-order chi connectivity index (χ0) is 16.2. The summed E-state index contributed by atoms with van der Waals surface area (Å²) in [6.07, 6.45) is 3.22. The van der Waals surface area contributed by atoms with Crippen molar-refractivity contribution in [2.75, 3.05) is 6.61 Å². The van der Waals surface area contributed by atoms with Gasteiger partial charge in [0.15, 0.2) is 17.1 Å². The van der Waals surface area contributed by atoms with Gasteiger partial charge in [-0.25, -0.2) is 0 Å². The summed E-state index contributed by atoms with van der Waals surface area (Å²) < 4.78 is 11.2. The lowest BCUT2D eigenvalue weighted by Gasteiger charge is -2.01. The highest BCUT2D eigenvalue weighted by molar-refractivity contribution is 6.30. The van der Waals surface area contributed by atoms with E-state index in [0.29, 0.717) is 23.0 Å². The lowest BCUT2D eigenvalue weighted by Crippen LogP contribution is -1.91. The highest BCUT2D eigenvalue weighted by Gasteiger charge is 2.12. The van der Waals surface area contributed by atoms with Crippen molar-refractivity contribution in [2.45, 2.75) is 6.92 Å². The van der Waals surface area contributed by atoms with E-state index in [0.717, 1.165) is 10.9 Å². The number of fused-ring (bicyclic) bond motifs is 1. The second-order valence-electron chi connectivity index (χ2n) is 4.97. The van der Waals surface area contributed by atoms with Crippen LogP contribution in [0.3, 0.4) is 0 Å². The summed E-state index contributed by atoms with van der Waals surface area (Å²) in [4.78, 5) is 12.3. The Morgan fingerprint density at radius 3 is 2.74 bits per heavy atom. The first-order chi connectivity index (χ1) is 11.2. The number of carbonyl (C=O) groups excluding carboxylic acids is 1. The van der Waals surface area contributed by atoms with Crippen molar-refractivity contribution in [3.05, 3.63) is 71.0 Å². The Hall–Kier alpha value is -2.52. The van der Waals surface area contributed by atoms with Crippen LogP contribution < -0.4 is 4.74 Å². The number of para-hydroxylation sites is 1. The van der Waals surface area contributed by atoms with Crippen LogP contribution in [0.4, 0.5) is 0 Å². The third-order valence-corrected chi connectivity index (χ3v) is 3.60. The monoisotopic (exact) mass is 326 g/mol. The molecule has 0 saturated heterocycles. The van der Waals surface area contributed by atoms with Crippen molar-refractivity contribution < 1.29 is 13.9 Å². The molecule has 0 spiro atoms. The van der Waals surface area contributed by atoms with Gasteiger partial charge in [-0.15, -0.1) is 0 Å². The molecule has 0 bridgehead atoms. The van der Waals surface area contributed by atoms with Gasteiger partial charge in [0.2, 0.25) is 5.78 Å². The predicted octanol–water partition coefficient (Wildman–Crippen LogP) is 5.38. The molecule has 0 amide bonds. The summed E-state index contributed by atoms with van der Waals surface area (Å²) in [6.45, 7) is 2.45. The van der Waals surface area contributed by atoms with Gasteiger partial charge in [-0.3, -0.25) is 4.79 Å². The smallest absolute Gasteiger partial charge is 0.221 e. The Balaban J connectivity index is 1.86. The van der Waals surface area contributed by atoms with Gasteiger partial charge in [-0.05, 0) is 42.8 Å². The number of ketones is 1. The molecule has 2 aromatic carbocycles. The average Bonchev–Trinajstić information content (AvgIpc) is 3.00. The molecular weight excluding hydrogens is 312 g/mol. The molecule has 1 heterocycles. The molecule has 116 valence electrons. The minimum Gasteiger partial charge on any atom is -0.490 e. The third-order valence-electron chi connectivity index (χ3n) is 3.35. The fraction of sp³-hybridized carbons (Fsp3) is 0.105. The number of allylic oxidation sites excluding steroid dienone is 1. The van der Waals surface area contributed by atoms with Crippen molar-refractivity contribution in [3.63, 3.8) is 0 Å². The van der Waals surface area contributed by atoms with Crippen LogP contribution in [-0.4, -0.2) is 12.4 Å². The topological polar surface area (TPSA) is 39.4 Å². The van der Waals surface area contributed by atoms with Crippen molar-refractivity contribution in [1.29, 1.82) is 0 Å². The molecule has 0 aliphatic carbocycles. The van der Waals surface area contributed by atoms with Crippen LogP contribution in [0.2, 0.25) is 5.02 Å². The maximum Gasteiger partial charge on any atom is 0.221 e. The maximum atomic E-state index is 12.3. The van der Waals surface area contributed by atoms with E-state index in [1.807, 2.05) is 37.3 Å². The standard InChI is InChI=1S/C19H15ClO3/c1-2-22-17-5-3-4-14-12-18(23-19(14)17)16(21)11-8-13-6-9-15(20)10-7-13/h3-12H,2H2,1H3. The number of carbonyl (C=O) groups is 1. The summed E-state index contributed by atoms with van der Waals surface area (Å²) in [5, 5.41) is 1.51. The number of benzene rings is 2. The molecule has 0 aliphatic heterocycles. The quantitative estimate of drug-likeness (QED) is 0.466. The number of ether oxygens (including phenoxy) is 1. The van der Waals surface area contributed by atoms with E-state index in [2.05, 4.69) is 0 Å². The average molecular weight is 327 g/mol. The lowest BCUT2D eigenvalue weighted by atomic mass is 10.1. The highest BCUT2D eigenvalue weighted by Crippen LogP contribution is 2.29. The van der Waals surface area contributed by atoms with Crippen molar-refractivity contribution in [3.8, 4) is 5.75 Å². The Morgan fingerprint density at radius 1 is 1.22 bits per heavy atom. The minimum absolute atomic E-state index is 0.196. The van der Waals surface area contributed by atoms with E-state index in [9.17, 15) is 4.79 Å². The zero-order valence-electron chi connectivity index (χ0n) is 12.6. The molecule has 0 fully saturated rings. The molecule has 23 heavy (non-hydrogen) atoms. The van der Waals surface area contributed by atoms with Crippen LogP contribution in [0.5, 0.6) is 5.75 Å². The highest BCUT2D eigenvalue weighted by atomic mass is 35.5. The van der Waals surface area contributed by atoms with Gasteiger partial charge in [0.1, 0.15) is 0 Å². The van der Waals surface area contributed by atoms with Gasteiger partial charge in [0.25, 0.3) is 0 Å². The van der Waals surface area contributed by atoms with E-state index in [4.69, 9.17) is 20.8 Å². The first-order valence-corrected chi connectivity index (χ1v) is 7.68. The summed E-state index contributed by atoms with van der Waals surface area (Å²) >= 11 is 5.84. The van der Waals surface area contributed by atoms with Crippen LogP contribution in [0.1, 0.15) is 23.0 Å². The normalized spacial score (nSPS) is 11.2. The molecule has 0 aliphatic rings. The van der Waals surface area contributed by atoms with E-state index in [-0.39, 0.29) is 11.5 Å². The number of hydrogen-bond acceptors (Lipinski definition) is 3. The summed E-state index contributed by atoms with van der Waals surface area (Å²) in [5.74, 6) is 0.738. The molecule has 3 rings (SSSR count). The fourth-order valence-electron chi connectivity index (χ4n) is 2.25. The van der Waals surface area contributed by atoms with Crippen molar-refractivity contribution >= 4 is 34.4 Å². The van der Waals surface area contributed by atoms with Gasteiger partial charge < -0.3 is 9.15 Å². The van der Waals surface area contributed by atoms with Gasteiger partial charge in [0, 0.05) is 10.4 Å². The second kappa shape index (κ2) is 6.71. The first-order valence-electron chi connectivity index (χ1n) is 7.30. The van der Waals surface area contributed by atoms with Crippen molar-refractivity contribution in [2.24, 2.45) is 0 Å². The number of furan rings is 1. The first kappa shape index (κ1) is 15.4. The lowest BCUT2D eigenvalue weighted by molar-refractivity contribution is 0.102. The molecule has 0 unspecified atom stereocenters. The Kier molecular flexibility index (Phi) is 4.49. The largest absolute Gasteiger partial charge is 0.490 e. The van der Waals surface area contributed by atoms with Crippen LogP contribution in [0.15, 0.2) is 59.0 Å².